The van der Waals surface area contributed by atoms with Gasteiger partial charge in [0, 0.05) is 18.3 Å². The Kier molecular flexibility index (Phi) is 5.27. The van der Waals surface area contributed by atoms with Crippen molar-refractivity contribution in [3.05, 3.63) is 6.33 Å². The Morgan fingerprint density at radius 2 is 2.38 bits per heavy atom. The van der Waals surface area contributed by atoms with Gasteiger partial charge in [0.2, 0.25) is 0 Å². The molecule has 0 amide bonds. The summed E-state index contributed by atoms with van der Waals surface area (Å²) in [7, 11) is 1.87. The third-order valence-corrected chi connectivity index (χ3v) is 4.65. The fourth-order valence-corrected chi connectivity index (χ4v) is 3.44. The average Bonchev–Trinajstić information content (AvgIpc) is 3.12. The number of rotatable bonds is 8. The lowest BCUT2D eigenvalue weighted by molar-refractivity contribution is -0.150. The van der Waals surface area contributed by atoms with Crippen LogP contribution >= 0.6 is 11.8 Å². The van der Waals surface area contributed by atoms with Gasteiger partial charge in [-0.1, -0.05) is 18.7 Å². The number of carbonyl (C=O) groups excluding carboxylic acids is 1. The molecule has 0 radical (unpaired) electrons. The number of aryl methyl sites for hydroxylation is 1. The second-order valence-electron chi connectivity index (χ2n) is 5.77. The zero-order valence-corrected chi connectivity index (χ0v) is 13.9. The van der Waals surface area contributed by atoms with Crippen LogP contribution in [0, 0.1) is 0 Å². The smallest absolute Gasteiger partial charge is 0.326 e. The maximum atomic E-state index is 12.3. The summed E-state index contributed by atoms with van der Waals surface area (Å²) in [5.41, 5.74) is -0.637. The van der Waals surface area contributed by atoms with E-state index in [0.717, 1.165) is 18.0 Å². The summed E-state index contributed by atoms with van der Waals surface area (Å²) in [6.45, 7) is 6.29. The highest BCUT2D eigenvalue weighted by Crippen LogP contribution is 2.30. The third-order valence-electron chi connectivity index (χ3n) is 3.50. The van der Waals surface area contributed by atoms with Gasteiger partial charge in [0.1, 0.15) is 11.9 Å². The van der Waals surface area contributed by atoms with E-state index >= 15 is 0 Å². The van der Waals surface area contributed by atoms with Crippen LogP contribution in [0.25, 0.3) is 0 Å². The molecule has 7 heteroatoms. The Bertz CT molecular complexity index is 489. The van der Waals surface area contributed by atoms with Gasteiger partial charge in [0.15, 0.2) is 5.16 Å². The average molecular weight is 312 g/mol. The molecule has 0 spiro atoms. The standard InChI is InChI=1S/C14H24N4O2S/c1-5-20-12(19)14(3,17-11-6-7-11)8-10(2)21-13-15-9-16-18(13)4/h9-11,17H,5-8H2,1-4H3. The minimum Gasteiger partial charge on any atom is -0.465 e. The van der Waals surface area contributed by atoms with Gasteiger partial charge >= 0.3 is 5.97 Å². The van der Waals surface area contributed by atoms with E-state index < -0.39 is 5.54 Å². The Morgan fingerprint density at radius 3 is 2.90 bits per heavy atom. The maximum absolute atomic E-state index is 12.3. The van der Waals surface area contributed by atoms with Gasteiger partial charge in [-0.3, -0.25) is 10.1 Å². The van der Waals surface area contributed by atoms with Crippen LogP contribution in [0.4, 0.5) is 0 Å². The van der Waals surface area contributed by atoms with Crippen LogP contribution in [-0.2, 0) is 16.6 Å². The molecule has 6 nitrogen and oxygen atoms in total. The summed E-state index contributed by atoms with van der Waals surface area (Å²) in [6, 6.07) is 0.450. The number of aromatic nitrogens is 3. The van der Waals surface area contributed by atoms with Crippen molar-refractivity contribution in [2.24, 2.45) is 7.05 Å². The first-order valence-electron chi connectivity index (χ1n) is 7.40. The van der Waals surface area contributed by atoms with E-state index in [1.807, 2.05) is 20.9 Å². The van der Waals surface area contributed by atoms with Crippen LogP contribution in [0.5, 0.6) is 0 Å². The summed E-state index contributed by atoms with van der Waals surface area (Å²) in [5.74, 6) is -0.165. The predicted octanol–water partition coefficient (Wildman–Crippen LogP) is 1.76. The summed E-state index contributed by atoms with van der Waals surface area (Å²) in [5, 5.41) is 8.60. The lowest BCUT2D eigenvalue weighted by atomic mass is 9.95. The summed E-state index contributed by atoms with van der Waals surface area (Å²) in [4.78, 5) is 16.5. The van der Waals surface area contributed by atoms with Gasteiger partial charge < -0.3 is 4.74 Å². The van der Waals surface area contributed by atoms with Crippen LogP contribution in [0.2, 0.25) is 0 Å². The zero-order chi connectivity index (χ0) is 15.5. The lowest BCUT2D eigenvalue weighted by Gasteiger charge is -2.31. The number of hydrogen-bond acceptors (Lipinski definition) is 6. The van der Waals surface area contributed by atoms with E-state index in [1.165, 1.54) is 0 Å². The van der Waals surface area contributed by atoms with Crippen LogP contribution in [-0.4, -0.2) is 44.2 Å². The fraction of sp³-hybridized carbons (Fsp3) is 0.786. The second kappa shape index (κ2) is 6.79. The van der Waals surface area contributed by atoms with Crippen molar-refractivity contribution in [2.75, 3.05) is 6.61 Å². The Morgan fingerprint density at radius 1 is 1.67 bits per heavy atom. The molecule has 118 valence electrons. The van der Waals surface area contributed by atoms with E-state index in [2.05, 4.69) is 22.3 Å². The second-order valence-corrected chi connectivity index (χ2v) is 7.18. The Labute approximate surface area is 130 Å². The largest absolute Gasteiger partial charge is 0.465 e. The van der Waals surface area contributed by atoms with Crippen molar-refractivity contribution < 1.29 is 9.53 Å². The van der Waals surface area contributed by atoms with Crippen molar-refractivity contribution in [1.29, 1.82) is 0 Å². The number of nitrogens with zero attached hydrogens (tertiary/aromatic N) is 3. The monoisotopic (exact) mass is 312 g/mol. The third kappa shape index (κ3) is 4.44. The molecule has 1 aliphatic carbocycles. The molecule has 1 aromatic rings. The van der Waals surface area contributed by atoms with Crippen molar-refractivity contribution in [2.45, 2.75) is 62.0 Å². The minimum absolute atomic E-state index is 0.165. The van der Waals surface area contributed by atoms with E-state index in [1.54, 1.807) is 22.8 Å². The number of ether oxygens (including phenoxy) is 1. The highest BCUT2D eigenvalue weighted by atomic mass is 32.2. The molecule has 1 aliphatic rings. The van der Waals surface area contributed by atoms with Gasteiger partial charge in [-0.15, -0.1) is 0 Å². The van der Waals surface area contributed by atoms with E-state index in [4.69, 9.17) is 4.74 Å². The fourth-order valence-electron chi connectivity index (χ4n) is 2.36. The topological polar surface area (TPSA) is 69.0 Å². The molecule has 2 unspecified atom stereocenters. The highest BCUT2D eigenvalue weighted by Gasteiger charge is 2.40. The molecule has 0 bridgehead atoms. The molecule has 21 heavy (non-hydrogen) atoms. The number of thioether (sulfide) groups is 1. The molecular weight excluding hydrogens is 288 g/mol. The van der Waals surface area contributed by atoms with Gasteiger partial charge in [0.25, 0.3) is 0 Å². The predicted molar refractivity (Wildman–Crippen MR) is 82.1 cm³/mol. The Hall–Kier alpha value is -1.08. The van der Waals surface area contributed by atoms with Crippen LogP contribution in [0.15, 0.2) is 11.5 Å². The molecule has 1 fully saturated rings. The number of nitrogens with one attached hydrogen (secondary N) is 1. The summed E-state index contributed by atoms with van der Waals surface area (Å²) in [6.07, 6.45) is 4.52. The van der Waals surface area contributed by atoms with Crippen molar-refractivity contribution >= 4 is 17.7 Å². The van der Waals surface area contributed by atoms with Gasteiger partial charge in [-0.2, -0.15) is 5.10 Å². The van der Waals surface area contributed by atoms with Gasteiger partial charge in [0.05, 0.1) is 6.61 Å². The van der Waals surface area contributed by atoms with Crippen LogP contribution < -0.4 is 5.32 Å². The minimum atomic E-state index is -0.637. The number of hydrogen-bond donors (Lipinski definition) is 1. The molecule has 0 saturated heterocycles. The normalized spacial score (nSPS) is 19.0. The molecule has 1 N–H and O–H groups in total. The Balaban J connectivity index is 1.99. The van der Waals surface area contributed by atoms with Gasteiger partial charge in [-0.25, -0.2) is 9.67 Å². The molecule has 2 atom stereocenters. The van der Waals surface area contributed by atoms with Crippen molar-refractivity contribution in [1.82, 2.24) is 20.1 Å². The summed E-state index contributed by atoms with van der Waals surface area (Å²) >= 11 is 1.63. The number of carbonyl (C=O) groups is 1. The first kappa shape index (κ1) is 16.3. The maximum Gasteiger partial charge on any atom is 0.326 e. The SMILES string of the molecule is CCOC(=O)C(C)(CC(C)Sc1ncnn1C)NC1CC1. The number of esters is 1. The van der Waals surface area contributed by atoms with Crippen molar-refractivity contribution in [3.8, 4) is 0 Å². The zero-order valence-electron chi connectivity index (χ0n) is 13.1. The van der Waals surface area contributed by atoms with Crippen LogP contribution in [0.3, 0.4) is 0 Å². The molecule has 0 aliphatic heterocycles. The molecule has 1 saturated carbocycles. The molecule has 1 heterocycles. The van der Waals surface area contributed by atoms with Crippen molar-refractivity contribution in [3.63, 3.8) is 0 Å². The summed E-state index contributed by atoms with van der Waals surface area (Å²) < 4.78 is 7.00. The molecular formula is C14H24N4O2S. The molecule has 2 rings (SSSR count). The molecule has 1 aromatic heterocycles. The quantitative estimate of drug-likeness (QED) is 0.583. The van der Waals surface area contributed by atoms with Crippen LogP contribution in [0.1, 0.15) is 40.0 Å². The van der Waals surface area contributed by atoms with E-state index in [0.29, 0.717) is 19.1 Å². The lowest BCUT2D eigenvalue weighted by Crippen LogP contribution is -2.52. The first-order valence-corrected chi connectivity index (χ1v) is 8.28. The highest BCUT2D eigenvalue weighted by molar-refractivity contribution is 7.99. The first-order chi connectivity index (χ1) is 9.94. The van der Waals surface area contributed by atoms with E-state index in [9.17, 15) is 4.79 Å². The molecule has 0 aromatic carbocycles. The van der Waals surface area contributed by atoms with Gasteiger partial charge in [-0.05, 0) is 33.1 Å². The van der Waals surface area contributed by atoms with E-state index in [-0.39, 0.29) is 11.2 Å².